The number of sulfonamides is 1. The van der Waals surface area contributed by atoms with Gasteiger partial charge in [0.2, 0.25) is 75.0 Å². The van der Waals surface area contributed by atoms with E-state index in [0.717, 1.165) is 9.80 Å². The molecule has 0 spiro atoms. The fraction of sp³-hybridized carbons (Fsp3) is 0.727. The molecule has 1 aliphatic heterocycles. The summed E-state index contributed by atoms with van der Waals surface area (Å²) in [6, 6.07) is -9.00. The van der Waals surface area contributed by atoms with Gasteiger partial charge in [0.15, 0.2) is 0 Å². The molecule has 0 radical (unpaired) electrons. The average molecular weight is 1360 g/mol. The van der Waals surface area contributed by atoms with Gasteiger partial charge in [-0.05, 0) is 106 Å². The molecule has 28 nitrogen and oxygen atoms in total. The van der Waals surface area contributed by atoms with Crippen LogP contribution in [0.15, 0.2) is 23.1 Å². The van der Waals surface area contributed by atoms with Crippen molar-refractivity contribution in [2.45, 2.75) is 221 Å². The van der Waals surface area contributed by atoms with Gasteiger partial charge in [0.25, 0.3) is 0 Å². The van der Waals surface area contributed by atoms with E-state index in [1.165, 1.54) is 106 Å². The van der Waals surface area contributed by atoms with Crippen molar-refractivity contribution in [3.05, 3.63) is 24.0 Å². The second-order valence-corrected chi connectivity index (χ2v) is 30.0. The Hall–Kier alpha value is -7.27. The molecular weight excluding hydrogens is 1240 g/mol. The van der Waals surface area contributed by atoms with Gasteiger partial charge in [-0.2, -0.15) is 0 Å². The molecule has 1 saturated heterocycles. The van der Waals surface area contributed by atoms with E-state index < -0.39 is 166 Å². The molecule has 11 amide bonds. The number of aromatic nitrogens is 2. The Labute approximate surface area is 562 Å². The number of rotatable bonds is 16. The molecule has 12 atom stereocenters. The zero-order valence-corrected chi connectivity index (χ0v) is 61.2. The number of aliphatic hydroxyl groups is 1. The highest BCUT2D eigenvalue weighted by molar-refractivity contribution is 7.89. The second kappa shape index (κ2) is 35.1. The number of amides is 11. The Morgan fingerprint density at radius 2 is 0.979 bits per heavy atom. The minimum absolute atomic E-state index is 0.0595. The van der Waals surface area contributed by atoms with Crippen molar-refractivity contribution in [3.8, 4) is 0 Å². The molecule has 29 heteroatoms. The van der Waals surface area contributed by atoms with Crippen molar-refractivity contribution < 1.29 is 66.3 Å². The van der Waals surface area contributed by atoms with Crippen LogP contribution in [-0.4, -0.2) is 245 Å². The van der Waals surface area contributed by atoms with Crippen LogP contribution in [0.1, 0.15) is 149 Å². The third-order valence-electron chi connectivity index (χ3n) is 17.7. The highest BCUT2D eigenvalue weighted by Gasteiger charge is 2.46. The lowest BCUT2D eigenvalue weighted by atomic mass is 9.91. The number of carbonyl (C=O) groups is 11. The summed E-state index contributed by atoms with van der Waals surface area (Å²) in [7, 11) is 5.56. The van der Waals surface area contributed by atoms with Crippen LogP contribution in [0.4, 0.5) is 0 Å². The van der Waals surface area contributed by atoms with Gasteiger partial charge in [-0.1, -0.05) is 96.9 Å². The van der Waals surface area contributed by atoms with E-state index in [4.69, 9.17) is 5.14 Å². The molecule has 536 valence electrons. The Balaban J connectivity index is 2.34. The highest BCUT2D eigenvalue weighted by atomic mass is 32.2. The number of fused-ring (bicyclic) bond motifs is 1. The molecule has 0 aliphatic carbocycles. The van der Waals surface area contributed by atoms with E-state index in [9.17, 15) is 47.1 Å². The number of nitrogens with two attached hydrogens (primary N) is 1. The van der Waals surface area contributed by atoms with E-state index >= 15 is 19.2 Å². The van der Waals surface area contributed by atoms with Crippen molar-refractivity contribution in [1.82, 2.24) is 65.5 Å². The van der Waals surface area contributed by atoms with Gasteiger partial charge in [-0.15, -0.1) is 0 Å². The summed E-state index contributed by atoms with van der Waals surface area (Å²) in [4.78, 5) is 177. The van der Waals surface area contributed by atoms with Crippen LogP contribution in [0.2, 0.25) is 0 Å². The lowest BCUT2D eigenvalue weighted by molar-refractivity contribution is -0.157. The van der Waals surface area contributed by atoms with E-state index in [1.807, 2.05) is 55.4 Å². The number of carbonyl (C=O) groups excluding carboxylic acids is 11. The third kappa shape index (κ3) is 21.6. The van der Waals surface area contributed by atoms with Crippen LogP contribution < -0.4 is 26.4 Å². The smallest absolute Gasteiger partial charge is 0.246 e. The number of imidazole rings is 1. The van der Waals surface area contributed by atoms with Gasteiger partial charge in [-0.3, -0.25) is 52.7 Å². The van der Waals surface area contributed by atoms with Gasteiger partial charge in [0, 0.05) is 55.8 Å². The molecule has 1 fully saturated rings. The lowest BCUT2D eigenvalue weighted by Gasteiger charge is -2.41. The SMILES string of the molecule is CCC1NC(=O)C(C(O)C(C)Cc2nc3ccc(S(N)(=O)=O)cc3[nH]2)N(C)C(=O)C(C(C)C)N(C)C(=O)C(CC(C)C)N(C)C(=O)C(CC(C)C)N(C)C(=O)C(C)NC(=O)C(C)NC(=O)C(CC(C)C)N(C)C(=O)C(C(C)C)NC(=O)C(CC(C)C)N(C)C(=O)CN(C)C1=O. The summed E-state index contributed by atoms with van der Waals surface area (Å²) in [6.07, 6.45) is -1.42. The normalized spacial score (nSPS) is 25.5. The van der Waals surface area contributed by atoms with Crippen molar-refractivity contribution in [1.29, 1.82) is 0 Å². The van der Waals surface area contributed by atoms with Gasteiger partial charge in [0.1, 0.15) is 66.2 Å². The number of nitrogens with zero attached hydrogens (tertiary/aromatic N) is 8. The van der Waals surface area contributed by atoms with Gasteiger partial charge in [-0.25, -0.2) is 18.5 Å². The molecule has 0 saturated carbocycles. The summed E-state index contributed by atoms with van der Waals surface area (Å²) in [5.74, 6) is -10.6. The lowest BCUT2D eigenvalue weighted by Crippen LogP contribution is -2.63. The molecule has 1 aromatic heterocycles. The summed E-state index contributed by atoms with van der Waals surface area (Å²) < 4.78 is 24.5. The molecule has 0 bridgehead atoms. The van der Waals surface area contributed by atoms with E-state index in [0.29, 0.717) is 11.0 Å². The highest BCUT2D eigenvalue weighted by Crippen LogP contribution is 2.27. The Kier molecular flexibility index (Phi) is 30.3. The maximum atomic E-state index is 15.4. The number of nitrogens with one attached hydrogen (secondary N) is 5. The fourth-order valence-corrected chi connectivity index (χ4v) is 12.5. The third-order valence-corrected chi connectivity index (χ3v) is 18.6. The van der Waals surface area contributed by atoms with Crippen LogP contribution >= 0.6 is 0 Å². The summed E-state index contributed by atoms with van der Waals surface area (Å²) in [6.45, 7) is 27.0. The summed E-state index contributed by atoms with van der Waals surface area (Å²) >= 11 is 0. The first kappa shape index (κ1) is 82.0. The predicted molar refractivity (Wildman–Crippen MR) is 360 cm³/mol. The predicted octanol–water partition coefficient (Wildman–Crippen LogP) is 2.07. The number of likely N-dealkylation sites (N-methyl/N-ethyl adjacent to an activating group) is 7. The van der Waals surface area contributed by atoms with Crippen molar-refractivity contribution in [2.75, 3.05) is 55.9 Å². The average Bonchev–Trinajstić information content (AvgIpc) is 1.63. The molecule has 2 aromatic rings. The van der Waals surface area contributed by atoms with Gasteiger partial charge >= 0.3 is 0 Å². The maximum absolute atomic E-state index is 15.4. The first-order valence-electron chi connectivity index (χ1n) is 33.1. The number of aromatic amines is 1. The second-order valence-electron chi connectivity index (χ2n) is 28.4. The van der Waals surface area contributed by atoms with Crippen molar-refractivity contribution in [3.63, 3.8) is 0 Å². The minimum atomic E-state index is -4.10. The number of hydrogen-bond acceptors (Lipinski definition) is 15. The number of H-pyrrole nitrogens is 1. The Morgan fingerprint density at radius 1 is 0.526 bits per heavy atom. The van der Waals surface area contributed by atoms with Gasteiger partial charge < -0.3 is 65.7 Å². The van der Waals surface area contributed by atoms with Crippen LogP contribution in [0.3, 0.4) is 0 Å². The minimum Gasteiger partial charge on any atom is -0.390 e. The Bertz CT molecular complexity index is 3170. The monoisotopic (exact) mass is 1360 g/mol. The number of benzene rings is 1. The number of hydrogen-bond donors (Lipinski definition) is 7. The molecule has 12 unspecified atom stereocenters. The quantitative estimate of drug-likeness (QED) is 0.127. The molecular formula is C66H112N14O14S. The van der Waals surface area contributed by atoms with Crippen LogP contribution in [-0.2, 0) is 69.2 Å². The molecule has 1 aliphatic rings. The first-order chi connectivity index (χ1) is 43.8. The largest absolute Gasteiger partial charge is 0.390 e. The summed E-state index contributed by atoms with van der Waals surface area (Å²) in [5, 5.41) is 28.9. The van der Waals surface area contributed by atoms with Crippen LogP contribution in [0.25, 0.3) is 11.0 Å². The van der Waals surface area contributed by atoms with Crippen molar-refractivity contribution in [2.24, 2.45) is 46.6 Å². The standard InChI is InChI=1S/C66H112N14O14S/c1-24-44-62(88)74(17)33-52(81)75(18)47(27-34(2)3)59(85)73-53(38(10)11)65(91)76(19)48(28-35(4)5)58(84)68-41(15)57(83)69-42(16)61(87)77(20)49(29-36(6)7)63(89)78(21)50(30-37(8)9)64(90)79(22)54(39(12)13)66(92)80(23)55(60(86)72-44)56(82)40(14)31-51-70-45-26-25-43(95(67,93)94)32-46(45)71-51/h25-26,32,34-42,44,47-50,53-56,82H,24,27-31,33H2,1-23H3,(H,68,84)(H,69,83)(H,70,71)(H,72,86)(H,73,85)(H2,67,93,94). The number of primary sulfonamides is 1. The van der Waals surface area contributed by atoms with Crippen LogP contribution in [0.5, 0.6) is 0 Å². The zero-order valence-electron chi connectivity index (χ0n) is 60.4. The molecule has 95 heavy (non-hydrogen) atoms. The van der Waals surface area contributed by atoms with Crippen LogP contribution in [0, 0.1) is 41.4 Å². The van der Waals surface area contributed by atoms with Gasteiger partial charge in [0.05, 0.1) is 28.6 Å². The van der Waals surface area contributed by atoms with E-state index in [2.05, 4.69) is 31.2 Å². The molecule has 1 aromatic carbocycles. The summed E-state index contributed by atoms with van der Waals surface area (Å²) in [5.41, 5.74) is 0.670. The fourth-order valence-electron chi connectivity index (χ4n) is 11.9. The molecule has 2 heterocycles. The van der Waals surface area contributed by atoms with E-state index in [-0.39, 0.29) is 72.9 Å². The topological polar surface area (TPSA) is 368 Å². The van der Waals surface area contributed by atoms with Crippen molar-refractivity contribution >= 4 is 86.0 Å². The van der Waals surface area contributed by atoms with E-state index in [1.54, 1.807) is 41.5 Å². The first-order valence-corrected chi connectivity index (χ1v) is 34.6. The zero-order chi connectivity index (χ0) is 72.9. The molecule has 8 N–H and O–H groups in total. The molecule has 3 rings (SSSR count). The Morgan fingerprint density at radius 3 is 1.46 bits per heavy atom. The maximum Gasteiger partial charge on any atom is 0.246 e. The number of aliphatic hydroxyl groups excluding tert-OH is 1.